The van der Waals surface area contributed by atoms with Gasteiger partial charge < -0.3 is 15.4 Å². The molecule has 1 aromatic heterocycles. The molecule has 28 heavy (non-hydrogen) atoms. The van der Waals surface area contributed by atoms with Crippen molar-refractivity contribution >= 4 is 39.1 Å². The molecule has 144 valence electrons. The van der Waals surface area contributed by atoms with Gasteiger partial charge in [-0.1, -0.05) is 12.1 Å². The quantitative estimate of drug-likeness (QED) is 0.540. The van der Waals surface area contributed by atoms with Gasteiger partial charge in [0.15, 0.2) is 6.61 Å². The normalized spacial score (nSPS) is 16.9. The molecule has 0 spiro atoms. The van der Waals surface area contributed by atoms with Crippen molar-refractivity contribution in [1.29, 1.82) is 0 Å². The van der Waals surface area contributed by atoms with E-state index in [0.29, 0.717) is 24.3 Å². The van der Waals surface area contributed by atoms with Crippen LogP contribution in [0.1, 0.15) is 34.1 Å². The van der Waals surface area contributed by atoms with Crippen LogP contribution in [0.4, 0.5) is 5.69 Å². The summed E-state index contributed by atoms with van der Waals surface area (Å²) >= 11 is 1.69. The molecule has 0 aliphatic carbocycles. The van der Waals surface area contributed by atoms with E-state index in [1.807, 2.05) is 18.2 Å². The monoisotopic (exact) mass is 395 g/mol. The Morgan fingerprint density at radius 1 is 1.18 bits per heavy atom. The second kappa shape index (κ2) is 7.98. The molecular weight excluding hydrogens is 374 g/mol. The molecule has 2 heterocycles. The SMILES string of the molecule is Nc1ccc(C(=O)OCC(=O)N2CCC[C@@H](c3nc4ccccc4s3)C2)cc1. The van der Waals surface area contributed by atoms with E-state index in [1.54, 1.807) is 40.5 Å². The fraction of sp³-hybridized carbons (Fsp3) is 0.286. The zero-order chi connectivity index (χ0) is 19.5. The number of esters is 1. The van der Waals surface area contributed by atoms with Crippen LogP contribution < -0.4 is 5.73 Å². The molecule has 3 aromatic rings. The van der Waals surface area contributed by atoms with E-state index in [-0.39, 0.29) is 18.4 Å². The average Bonchev–Trinajstić information content (AvgIpc) is 3.17. The third-order valence-electron chi connectivity index (χ3n) is 4.91. The summed E-state index contributed by atoms with van der Waals surface area (Å²) in [6.07, 6.45) is 1.92. The number of piperidine rings is 1. The van der Waals surface area contributed by atoms with Crippen LogP contribution in [0.3, 0.4) is 0 Å². The number of benzene rings is 2. The van der Waals surface area contributed by atoms with Crippen molar-refractivity contribution < 1.29 is 14.3 Å². The first-order chi connectivity index (χ1) is 13.6. The van der Waals surface area contributed by atoms with Crippen molar-refractivity contribution in [3.05, 3.63) is 59.1 Å². The van der Waals surface area contributed by atoms with Gasteiger partial charge in [0, 0.05) is 24.7 Å². The van der Waals surface area contributed by atoms with Gasteiger partial charge in [-0.15, -0.1) is 11.3 Å². The van der Waals surface area contributed by atoms with Crippen molar-refractivity contribution in [3.8, 4) is 0 Å². The van der Waals surface area contributed by atoms with Crippen molar-refractivity contribution in [2.75, 3.05) is 25.4 Å². The first kappa shape index (κ1) is 18.4. The number of nitrogens with two attached hydrogens (primary N) is 1. The molecular formula is C21H21N3O3S. The summed E-state index contributed by atoms with van der Waals surface area (Å²) in [4.78, 5) is 31.1. The lowest BCUT2D eigenvalue weighted by Gasteiger charge is -2.31. The van der Waals surface area contributed by atoms with E-state index in [4.69, 9.17) is 15.5 Å². The highest BCUT2D eigenvalue weighted by Crippen LogP contribution is 2.32. The minimum atomic E-state index is -0.520. The number of nitrogen functional groups attached to an aromatic ring is 1. The van der Waals surface area contributed by atoms with Gasteiger partial charge in [-0.3, -0.25) is 4.79 Å². The Balaban J connectivity index is 1.36. The van der Waals surface area contributed by atoms with Gasteiger partial charge in [0.25, 0.3) is 5.91 Å². The minimum Gasteiger partial charge on any atom is -0.452 e. The molecule has 1 atom stereocenters. The van der Waals surface area contributed by atoms with Crippen LogP contribution in [0, 0.1) is 0 Å². The molecule has 6 nitrogen and oxygen atoms in total. The molecule has 4 rings (SSSR count). The number of hydrogen-bond donors (Lipinski definition) is 1. The van der Waals surface area contributed by atoms with Crippen molar-refractivity contribution in [2.45, 2.75) is 18.8 Å². The summed E-state index contributed by atoms with van der Waals surface area (Å²) in [6, 6.07) is 14.5. The zero-order valence-corrected chi connectivity index (χ0v) is 16.2. The maximum Gasteiger partial charge on any atom is 0.338 e. The topological polar surface area (TPSA) is 85.5 Å². The van der Waals surface area contributed by atoms with Gasteiger partial charge in [0.2, 0.25) is 0 Å². The molecule has 1 amide bonds. The van der Waals surface area contributed by atoms with Gasteiger partial charge in [-0.05, 0) is 49.2 Å². The number of para-hydroxylation sites is 1. The predicted octanol–water partition coefficient (Wildman–Crippen LogP) is 3.44. The van der Waals surface area contributed by atoms with Gasteiger partial charge >= 0.3 is 5.97 Å². The number of fused-ring (bicyclic) bond motifs is 1. The summed E-state index contributed by atoms with van der Waals surface area (Å²) in [5, 5.41) is 1.07. The number of aromatic nitrogens is 1. The molecule has 1 saturated heterocycles. The average molecular weight is 395 g/mol. The lowest BCUT2D eigenvalue weighted by atomic mass is 9.99. The first-order valence-electron chi connectivity index (χ1n) is 9.26. The van der Waals surface area contributed by atoms with E-state index in [2.05, 4.69) is 6.07 Å². The fourth-order valence-electron chi connectivity index (χ4n) is 3.39. The first-order valence-corrected chi connectivity index (χ1v) is 10.1. The number of nitrogens with zero attached hydrogens (tertiary/aromatic N) is 2. The third-order valence-corrected chi connectivity index (χ3v) is 6.11. The molecule has 1 aliphatic rings. The van der Waals surface area contributed by atoms with Crippen LogP contribution in [0.25, 0.3) is 10.2 Å². The Morgan fingerprint density at radius 2 is 1.96 bits per heavy atom. The number of anilines is 1. The molecule has 2 N–H and O–H groups in total. The highest BCUT2D eigenvalue weighted by atomic mass is 32.1. The number of thiazole rings is 1. The highest BCUT2D eigenvalue weighted by Gasteiger charge is 2.27. The number of carbonyl (C=O) groups is 2. The number of rotatable bonds is 4. The number of hydrogen-bond acceptors (Lipinski definition) is 6. The number of carbonyl (C=O) groups excluding carboxylic acids is 2. The van der Waals surface area contributed by atoms with Crippen LogP contribution in [0.15, 0.2) is 48.5 Å². The van der Waals surface area contributed by atoms with Crippen LogP contribution in [0.5, 0.6) is 0 Å². The van der Waals surface area contributed by atoms with Crippen molar-refractivity contribution in [2.24, 2.45) is 0 Å². The maximum atomic E-state index is 12.5. The smallest absolute Gasteiger partial charge is 0.338 e. The van der Waals surface area contributed by atoms with Crippen molar-refractivity contribution in [3.63, 3.8) is 0 Å². The minimum absolute atomic E-state index is 0.172. The van der Waals surface area contributed by atoms with Crippen LogP contribution in [0.2, 0.25) is 0 Å². The van der Waals surface area contributed by atoms with Crippen LogP contribution in [-0.4, -0.2) is 41.5 Å². The summed E-state index contributed by atoms with van der Waals surface area (Å²) in [6.45, 7) is 1.04. The standard InChI is InChI=1S/C21H21N3O3S/c22-16-9-7-14(8-10-16)21(26)27-13-19(25)24-11-3-4-15(12-24)20-23-17-5-1-2-6-18(17)28-20/h1-2,5-10,15H,3-4,11-13,22H2/t15-/m1/s1. The molecule has 1 fully saturated rings. The Hall–Kier alpha value is -2.93. The molecule has 2 aromatic carbocycles. The Morgan fingerprint density at radius 3 is 2.75 bits per heavy atom. The summed E-state index contributed by atoms with van der Waals surface area (Å²) in [5.74, 6) is -0.467. The van der Waals surface area contributed by atoms with Crippen LogP contribution in [-0.2, 0) is 9.53 Å². The van der Waals surface area contributed by atoms with Gasteiger partial charge in [0.1, 0.15) is 0 Å². The Labute approximate surface area is 166 Å². The largest absolute Gasteiger partial charge is 0.452 e. The molecule has 0 unspecified atom stereocenters. The fourth-order valence-corrected chi connectivity index (χ4v) is 4.48. The van der Waals surface area contributed by atoms with E-state index >= 15 is 0 Å². The Kier molecular flexibility index (Phi) is 5.25. The second-order valence-corrected chi connectivity index (χ2v) is 7.96. The van der Waals surface area contributed by atoms with E-state index < -0.39 is 5.97 Å². The molecule has 0 bridgehead atoms. The van der Waals surface area contributed by atoms with Gasteiger partial charge in [-0.25, -0.2) is 9.78 Å². The molecule has 0 saturated carbocycles. The third kappa shape index (κ3) is 3.99. The van der Waals surface area contributed by atoms with Crippen molar-refractivity contribution in [1.82, 2.24) is 9.88 Å². The van der Waals surface area contributed by atoms with E-state index in [9.17, 15) is 9.59 Å². The lowest BCUT2D eigenvalue weighted by Crippen LogP contribution is -2.41. The second-order valence-electron chi connectivity index (χ2n) is 6.90. The molecule has 0 radical (unpaired) electrons. The number of ether oxygens (including phenoxy) is 1. The molecule has 7 heteroatoms. The molecule has 1 aliphatic heterocycles. The number of likely N-dealkylation sites (tertiary alicyclic amines) is 1. The number of amides is 1. The summed E-state index contributed by atoms with van der Waals surface area (Å²) in [5.41, 5.74) is 7.57. The predicted molar refractivity (Wildman–Crippen MR) is 109 cm³/mol. The Bertz CT molecular complexity index is 967. The lowest BCUT2D eigenvalue weighted by molar-refractivity contribution is -0.135. The summed E-state index contributed by atoms with van der Waals surface area (Å²) < 4.78 is 6.35. The van der Waals surface area contributed by atoms with Gasteiger partial charge in [0.05, 0.1) is 20.8 Å². The van der Waals surface area contributed by atoms with E-state index in [1.165, 1.54) is 4.70 Å². The zero-order valence-electron chi connectivity index (χ0n) is 15.3. The maximum absolute atomic E-state index is 12.5. The summed E-state index contributed by atoms with van der Waals surface area (Å²) in [7, 11) is 0. The van der Waals surface area contributed by atoms with Crippen LogP contribution >= 0.6 is 11.3 Å². The highest BCUT2D eigenvalue weighted by molar-refractivity contribution is 7.18. The van der Waals surface area contributed by atoms with E-state index in [0.717, 1.165) is 23.4 Å². The van der Waals surface area contributed by atoms with Gasteiger partial charge in [-0.2, -0.15) is 0 Å².